The Hall–Kier alpha value is -2.53. The number of amides is 2. The quantitative estimate of drug-likeness (QED) is 0.912. The number of alkyl carbamates (subject to hydrolysis) is 1. The van der Waals surface area contributed by atoms with Gasteiger partial charge in [0.2, 0.25) is 0 Å². The third-order valence-electron chi connectivity index (χ3n) is 3.33. The Morgan fingerprint density at radius 3 is 2.41 bits per heavy atom. The van der Waals surface area contributed by atoms with Crippen molar-refractivity contribution in [3.8, 4) is 0 Å². The van der Waals surface area contributed by atoms with Crippen LogP contribution in [0.3, 0.4) is 0 Å². The lowest BCUT2D eigenvalue weighted by Gasteiger charge is -2.10. The average Bonchev–Trinajstić information content (AvgIpc) is 2.95. The number of hydrogen-bond donors (Lipinski definition) is 2. The van der Waals surface area contributed by atoms with E-state index >= 15 is 0 Å². The number of carbonyl (C=O) groups excluding carboxylic acids is 2. The number of hydrogen-bond acceptors (Lipinski definition) is 3. The largest absolute Gasteiger partial charge is 0.439 e. The van der Waals surface area contributed by atoms with E-state index in [1.54, 1.807) is 36.4 Å². The summed E-state index contributed by atoms with van der Waals surface area (Å²) in [6, 6.07) is 13.9. The van der Waals surface area contributed by atoms with Crippen molar-refractivity contribution in [1.82, 2.24) is 5.32 Å². The van der Waals surface area contributed by atoms with E-state index in [0.717, 1.165) is 5.56 Å². The van der Waals surface area contributed by atoms with Crippen molar-refractivity contribution in [3.63, 3.8) is 0 Å². The van der Waals surface area contributed by atoms with Gasteiger partial charge in [-0.05, 0) is 42.0 Å². The van der Waals surface area contributed by atoms with Gasteiger partial charge in [0.25, 0.3) is 5.91 Å². The summed E-state index contributed by atoms with van der Waals surface area (Å²) in [7, 11) is 0. The molecule has 1 fully saturated rings. The van der Waals surface area contributed by atoms with Gasteiger partial charge < -0.3 is 15.4 Å². The van der Waals surface area contributed by atoms with Crippen molar-refractivity contribution >= 4 is 29.3 Å². The molecule has 0 aliphatic carbocycles. The number of cyclic esters (lactones) is 1. The van der Waals surface area contributed by atoms with Gasteiger partial charge in [0.05, 0.1) is 6.54 Å². The molecule has 6 heteroatoms. The Balaban J connectivity index is 1.67. The highest BCUT2D eigenvalue weighted by molar-refractivity contribution is 6.30. The molecule has 2 aromatic rings. The molecule has 1 saturated heterocycles. The normalized spacial score (nSPS) is 16.8. The minimum absolute atomic E-state index is 0.210. The van der Waals surface area contributed by atoms with Gasteiger partial charge in [0, 0.05) is 16.3 Å². The van der Waals surface area contributed by atoms with Crippen molar-refractivity contribution < 1.29 is 14.3 Å². The van der Waals surface area contributed by atoms with Gasteiger partial charge in [0.15, 0.2) is 0 Å². The Bertz CT molecular complexity index is 698. The molecule has 1 heterocycles. The van der Waals surface area contributed by atoms with Crippen LogP contribution >= 0.6 is 11.6 Å². The lowest BCUT2D eigenvalue weighted by Crippen LogP contribution is -2.12. The molecule has 5 nitrogen and oxygen atoms in total. The lowest BCUT2D eigenvalue weighted by molar-refractivity contribution is 0.102. The summed E-state index contributed by atoms with van der Waals surface area (Å²) in [5.41, 5.74) is 2.08. The van der Waals surface area contributed by atoms with Crippen molar-refractivity contribution in [2.75, 3.05) is 11.9 Å². The SMILES string of the molecule is O=C1NCC(c2ccc(NC(=O)c3ccc(Cl)cc3)cc2)O1. The molecule has 1 aliphatic rings. The summed E-state index contributed by atoms with van der Waals surface area (Å²) in [5.74, 6) is -0.210. The molecule has 0 aromatic heterocycles. The van der Waals surface area contributed by atoms with Gasteiger partial charge in [-0.15, -0.1) is 0 Å². The number of anilines is 1. The monoisotopic (exact) mass is 316 g/mol. The lowest BCUT2D eigenvalue weighted by atomic mass is 10.1. The predicted molar refractivity (Wildman–Crippen MR) is 83.1 cm³/mol. The number of rotatable bonds is 3. The number of halogens is 1. The molecule has 0 radical (unpaired) electrons. The van der Waals surface area contributed by atoms with E-state index in [1.165, 1.54) is 0 Å². The summed E-state index contributed by atoms with van der Waals surface area (Å²) in [6.07, 6.45) is -0.696. The van der Waals surface area contributed by atoms with Crippen LogP contribution in [0.15, 0.2) is 48.5 Å². The maximum Gasteiger partial charge on any atom is 0.407 e. The van der Waals surface area contributed by atoms with Crippen molar-refractivity contribution in [3.05, 3.63) is 64.7 Å². The van der Waals surface area contributed by atoms with Gasteiger partial charge in [-0.2, -0.15) is 0 Å². The van der Waals surface area contributed by atoms with Crippen LogP contribution in [0, 0.1) is 0 Å². The van der Waals surface area contributed by atoms with Crippen LogP contribution in [0.25, 0.3) is 0 Å². The maximum absolute atomic E-state index is 12.1. The second kappa shape index (κ2) is 6.07. The van der Waals surface area contributed by atoms with E-state index < -0.39 is 6.09 Å². The summed E-state index contributed by atoms with van der Waals surface area (Å²) >= 11 is 5.79. The first-order valence-corrected chi connectivity index (χ1v) is 7.11. The molecular weight excluding hydrogens is 304 g/mol. The third-order valence-corrected chi connectivity index (χ3v) is 3.58. The van der Waals surface area contributed by atoms with E-state index in [1.807, 2.05) is 12.1 Å². The zero-order chi connectivity index (χ0) is 15.5. The molecule has 0 spiro atoms. The Kier molecular flexibility index (Phi) is 3.98. The fourth-order valence-corrected chi connectivity index (χ4v) is 2.29. The molecule has 112 valence electrons. The van der Waals surface area contributed by atoms with Crippen LogP contribution in [0.1, 0.15) is 22.0 Å². The third kappa shape index (κ3) is 3.20. The molecule has 2 aromatic carbocycles. The van der Waals surface area contributed by atoms with E-state index in [-0.39, 0.29) is 12.0 Å². The van der Waals surface area contributed by atoms with E-state index in [2.05, 4.69) is 10.6 Å². The maximum atomic E-state index is 12.1. The topological polar surface area (TPSA) is 67.4 Å². The van der Waals surface area contributed by atoms with Crippen LogP contribution in [-0.4, -0.2) is 18.5 Å². The van der Waals surface area contributed by atoms with Crippen molar-refractivity contribution in [2.45, 2.75) is 6.10 Å². The minimum Gasteiger partial charge on any atom is -0.439 e. The molecule has 1 aliphatic heterocycles. The second-order valence-electron chi connectivity index (χ2n) is 4.86. The average molecular weight is 317 g/mol. The zero-order valence-electron chi connectivity index (χ0n) is 11.5. The predicted octanol–water partition coefficient (Wildman–Crippen LogP) is 3.37. The van der Waals surface area contributed by atoms with Gasteiger partial charge in [-0.25, -0.2) is 4.79 Å². The van der Waals surface area contributed by atoms with E-state index in [9.17, 15) is 9.59 Å². The molecular formula is C16H13ClN2O3. The summed E-state index contributed by atoms with van der Waals surface area (Å²) in [4.78, 5) is 23.1. The molecule has 1 unspecified atom stereocenters. The highest BCUT2D eigenvalue weighted by Crippen LogP contribution is 2.22. The zero-order valence-corrected chi connectivity index (χ0v) is 12.3. The van der Waals surface area contributed by atoms with Crippen molar-refractivity contribution in [2.24, 2.45) is 0 Å². The highest BCUT2D eigenvalue weighted by atomic mass is 35.5. The van der Waals surface area contributed by atoms with Crippen LogP contribution < -0.4 is 10.6 Å². The van der Waals surface area contributed by atoms with Crippen LogP contribution in [0.4, 0.5) is 10.5 Å². The number of ether oxygens (including phenoxy) is 1. The fourth-order valence-electron chi connectivity index (χ4n) is 2.16. The summed E-state index contributed by atoms with van der Waals surface area (Å²) in [6.45, 7) is 0.454. The van der Waals surface area contributed by atoms with Crippen LogP contribution in [0.2, 0.25) is 5.02 Å². The Morgan fingerprint density at radius 2 is 1.82 bits per heavy atom. The van der Waals surface area contributed by atoms with Gasteiger partial charge in [-0.1, -0.05) is 23.7 Å². The van der Waals surface area contributed by atoms with Crippen LogP contribution in [-0.2, 0) is 4.74 Å². The molecule has 2 amide bonds. The summed E-state index contributed by atoms with van der Waals surface area (Å²) in [5, 5.41) is 5.98. The minimum atomic E-state index is -0.412. The highest BCUT2D eigenvalue weighted by Gasteiger charge is 2.23. The van der Waals surface area contributed by atoms with Gasteiger partial charge in [-0.3, -0.25) is 4.79 Å². The van der Waals surface area contributed by atoms with E-state index in [4.69, 9.17) is 16.3 Å². The number of benzene rings is 2. The number of nitrogens with one attached hydrogen (secondary N) is 2. The molecule has 1 atom stereocenters. The second-order valence-corrected chi connectivity index (χ2v) is 5.29. The molecule has 3 rings (SSSR count). The smallest absolute Gasteiger partial charge is 0.407 e. The van der Waals surface area contributed by atoms with Crippen molar-refractivity contribution in [1.29, 1.82) is 0 Å². The Labute approximate surface area is 132 Å². The van der Waals surface area contributed by atoms with E-state index in [0.29, 0.717) is 22.8 Å². The molecule has 22 heavy (non-hydrogen) atoms. The molecule has 0 saturated carbocycles. The summed E-state index contributed by atoms with van der Waals surface area (Å²) < 4.78 is 5.10. The standard InChI is InChI=1S/C16H13ClN2O3/c17-12-5-1-11(2-6-12)15(20)19-13-7-3-10(4-8-13)14-9-18-16(21)22-14/h1-8,14H,9H2,(H,18,21)(H,19,20). The first-order valence-electron chi connectivity index (χ1n) is 6.73. The van der Waals surface area contributed by atoms with Gasteiger partial charge in [0.1, 0.15) is 6.10 Å². The molecule has 0 bridgehead atoms. The fraction of sp³-hybridized carbons (Fsp3) is 0.125. The molecule has 2 N–H and O–H groups in total. The first kappa shape index (κ1) is 14.4. The number of carbonyl (C=O) groups is 2. The van der Waals surface area contributed by atoms with Gasteiger partial charge >= 0.3 is 6.09 Å². The van der Waals surface area contributed by atoms with Crippen LogP contribution in [0.5, 0.6) is 0 Å². The Morgan fingerprint density at radius 1 is 1.14 bits per heavy atom. The first-order chi connectivity index (χ1) is 10.6.